The third kappa shape index (κ3) is 1.93. The topological polar surface area (TPSA) is 48.4 Å². The van der Waals surface area contributed by atoms with Gasteiger partial charge in [-0.25, -0.2) is 4.98 Å². The molecule has 1 aromatic heterocycles. The lowest BCUT2D eigenvalue weighted by atomic mass is 10.1. The van der Waals surface area contributed by atoms with E-state index in [1.807, 2.05) is 6.92 Å². The molecule has 0 N–H and O–H groups in total. The number of hydrogen-bond acceptors (Lipinski definition) is 4. The first-order valence-corrected chi connectivity index (χ1v) is 5.18. The largest absolute Gasteiger partial charge is 0.497 e. The van der Waals surface area contributed by atoms with Crippen LogP contribution in [0.5, 0.6) is 11.5 Å². The van der Waals surface area contributed by atoms with Gasteiger partial charge in [0.1, 0.15) is 17.0 Å². The number of carbonyl (C=O) groups is 1. The Hall–Kier alpha value is -2.10. The summed E-state index contributed by atoms with van der Waals surface area (Å²) in [5.41, 5.74) is 2.04. The molecular weight excluding hydrogens is 218 g/mol. The Morgan fingerprint density at radius 2 is 1.94 bits per heavy atom. The molecule has 1 aromatic carbocycles. The van der Waals surface area contributed by atoms with Crippen molar-refractivity contribution in [2.24, 2.45) is 0 Å². The van der Waals surface area contributed by atoms with Gasteiger partial charge >= 0.3 is 0 Å². The van der Waals surface area contributed by atoms with Gasteiger partial charge in [0.25, 0.3) is 0 Å². The molecule has 0 unspecified atom stereocenters. The molecule has 1 heterocycles. The molecule has 0 aliphatic rings. The van der Waals surface area contributed by atoms with Crippen LogP contribution in [0, 0.1) is 6.92 Å². The van der Waals surface area contributed by atoms with E-state index in [0.29, 0.717) is 22.6 Å². The smallest absolute Gasteiger partial charge is 0.150 e. The van der Waals surface area contributed by atoms with Crippen molar-refractivity contribution in [2.75, 3.05) is 14.2 Å². The molecule has 0 aliphatic heterocycles. The van der Waals surface area contributed by atoms with Crippen molar-refractivity contribution >= 4 is 17.2 Å². The van der Waals surface area contributed by atoms with Crippen molar-refractivity contribution in [2.45, 2.75) is 6.92 Å². The number of nitrogens with zero attached hydrogens (tertiary/aromatic N) is 1. The van der Waals surface area contributed by atoms with E-state index in [-0.39, 0.29) is 0 Å². The van der Waals surface area contributed by atoms with Crippen molar-refractivity contribution in [1.82, 2.24) is 4.98 Å². The average Bonchev–Trinajstić information content (AvgIpc) is 2.36. The van der Waals surface area contributed by atoms with Crippen molar-refractivity contribution in [1.29, 1.82) is 0 Å². The van der Waals surface area contributed by atoms with Crippen LogP contribution in [-0.4, -0.2) is 25.5 Å². The molecule has 0 radical (unpaired) electrons. The number of benzene rings is 1. The monoisotopic (exact) mass is 231 g/mol. The zero-order valence-corrected chi connectivity index (χ0v) is 9.98. The third-order valence-corrected chi connectivity index (χ3v) is 2.59. The second-order valence-corrected chi connectivity index (χ2v) is 3.70. The van der Waals surface area contributed by atoms with E-state index in [1.54, 1.807) is 32.4 Å². The first-order chi connectivity index (χ1) is 8.19. The maximum Gasteiger partial charge on any atom is 0.150 e. The number of ether oxygens (including phenoxy) is 2. The molecule has 0 saturated carbocycles. The number of pyridine rings is 1. The maximum absolute atomic E-state index is 11.1. The highest BCUT2D eigenvalue weighted by Crippen LogP contribution is 2.31. The lowest BCUT2D eigenvalue weighted by molar-refractivity contribution is 0.112. The minimum atomic E-state index is 0.588. The lowest BCUT2D eigenvalue weighted by Gasteiger charge is -2.10. The highest BCUT2D eigenvalue weighted by atomic mass is 16.5. The summed E-state index contributed by atoms with van der Waals surface area (Å²) < 4.78 is 10.4. The normalized spacial score (nSPS) is 10.3. The van der Waals surface area contributed by atoms with E-state index in [0.717, 1.165) is 17.4 Å². The van der Waals surface area contributed by atoms with Crippen LogP contribution in [0.2, 0.25) is 0 Å². The molecule has 0 saturated heterocycles. The zero-order chi connectivity index (χ0) is 12.4. The van der Waals surface area contributed by atoms with Gasteiger partial charge in [-0.05, 0) is 19.1 Å². The molecule has 0 fully saturated rings. The Balaban J connectivity index is 2.87. The van der Waals surface area contributed by atoms with Gasteiger partial charge in [0, 0.05) is 22.7 Å². The Kier molecular flexibility index (Phi) is 2.95. The number of carbonyl (C=O) groups excluding carboxylic acids is 1. The SMILES string of the molecule is COc1cc(OC)c2nc(C)cc(C=O)c2c1. The number of hydrogen-bond donors (Lipinski definition) is 0. The van der Waals surface area contributed by atoms with E-state index < -0.39 is 0 Å². The van der Waals surface area contributed by atoms with Gasteiger partial charge in [-0.2, -0.15) is 0 Å². The fourth-order valence-corrected chi connectivity index (χ4v) is 1.80. The van der Waals surface area contributed by atoms with Crippen LogP contribution in [0.3, 0.4) is 0 Å². The van der Waals surface area contributed by atoms with Crippen molar-refractivity contribution in [3.05, 3.63) is 29.5 Å². The van der Waals surface area contributed by atoms with Crippen LogP contribution in [0.25, 0.3) is 10.9 Å². The zero-order valence-electron chi connectivity index (χ0n) is 9.98. The van der Waals surface area contributed by atoms with E-state index in [9.17, 15) is 4.79 Å². The Labute approximate surface area is 99.2 Å². The summed E-state index contributed by atoms with van der Waals surface area (Å²) in [6.45, 7) is 1.84. The fraction of sp³-hybridized carbons (Fsp3) is 0.231. The number of aromatic nitrogens is 1. The standard InChI is InChI=1S/C13H13NO3/c1-8-4-9(7-15)11-5-10(16-2)6-12(17-3)13(11)14-8/h4-7H,1-3H3. The molecule has 0 amide bonds. The lowest BCUT2D eigenvalue weighted by Crippen LogP contribution is -1.95. The van der Waals surface area contributed by atoms with Gasteiger partial charge in [-0.15, -0.1) is 0 Å². The summed E-state index contributed by atoms with van der Waals surface area (Å²) in [6, 6.07) is 5.28. The van der Waals surface area contributed by atoms with Crippen LogP contribution >= 0.6 is 0 Å². The van der Waals surface area contributed by atoms with Crippen LogP contribution in [0.4, 0.5) is 0 Å². The van der Waals surface area contributed by atoms with Crippen molar-refractivity contribution < 1.29 is 14.3 Å². The minimum absolute atomic E-state index is 0.588. The quantitative estimate of drug-likeness (QED) is 0.761. The summed E-state index contributed by atoms with van der Waals surface area (Å²) in [4.78, 5) is 15.5. The fourth-order valence-electron chi connectivity index (χ4n) is 1.80. The van der Waals surface area contributed by atoms with Gasteiger partial charge in [-0.1, -0.05) is 0 Å². The van der Waals surface area contributed by atoms with Crippen LogP contribution in [-0.2, 0) is 0 Å². The Morgan fingerprint density at radius 3 is 2.53 bits per heavy atom. The number of aryl methyl sites for hydroxylation is 1. The van der Waals surface area contributed by atoms with E-state index >= 15 is 0 Å². The molecule has 4 heteroatoms. The predicted molar refractivity (Wildman–Crippen MR) is 65.0 cm³/mol. The molecule has 0 spiro atoms. The van der Waals surface area contributed by atoms with Gasteiger partial charge < -0.3 is 9.47 Å². The van der Waals surface area contributed by atoms with E-state index in [1.165, 1.54) is 0 Å². The summed E-state index contributed by atoms with van der Waals surface area (Å²) in [6.07, 6.45) is 0.815. The van der Waals surface area contributed by atoms with E-state index in [4.69, 9.17) is 9.47 Å². The summed E-state index contributed by atoms with van der Waals surface area (Å²) in [5.74, 6) is 1.24. The summed E-state index contributed by atoms with van der Waals surface area (Å²) in [5, 5.41) is 0.738. The number of methoxy groups -OCH3 is 2. The molecule has 17 heavy (non-hydrogen) atoms. The van der Waals surface area contributed by atoms with E-state index in [2.05, 4.69) is 4.98 Å². The second kappa shape index (κ2) is 4.41. The molecule has 0 aliphatic carbocycles. The van der Waals surface area contributed by atoms with Gasteiger partial charge in [0.2, 0.25) is 0 Å². The molecule has 88 valence electrons. The molecule has 0 bridgehead atoms. The van der Waals surface area contributed by atoms with Crippen LogP contribution < -0.4 is 9.47 Å². The van der Waals surface area contributed by atoms with Gasteiger partial charge in [0.15, 0.2) is 6.29 Å². The molecule has 0 atom stereocenters. The van der Waals surface area contributed by atoms with Crippen molar-refractivity contribution in [3.8, 4) is 11.5 Å². The molecular formula is C13H13NO3. The number of rotatable bonds is 3. The van der Waals surface area contributed by atoms with Crippen LogP contribution in [0.15, 0.2) is 18.2 Å². The highest BCUT2D eigenvalue weighted by Gasteiger charge is 2.10. The molecule has 4 nitrogen and oxygen atoms in total. The van der Waals surface area contributed by atoms with Crippen LogP contribution in [0.1, 0.15) is 16.1 Å². The number of aldehydes is 1. The molecule has 2 rings (SSSR count). The maximum atomic E-state index is 11.1. The van der Waals surface area contributed by atoms with Gasteiger partial charge in [-0.3, -0.25) is 4.79 Å². The first-order valence-electron chi connectivity index (χ1n) is 5.18. The first kappa shape index (κ1) is 11.4. The third-order valence-electron chi connectivity index (χ3n) is 2.59. The summed E-state index contributed by atoms with van der Waals surface area (Å²) in [7, 11) is 3.14. The second-order valence-electron chi connectivity index (χ2n) is 3.70. The molecule has 2 aromatic rings. The Morgan fingerprint density at radius 1 is 1.18 bits per heavy atom. The predicted octanol–water partition coefficient (Wildman–Crippen LogP) is 2.37. The number of fused-ring (bicyclic) bond motifs is 1. The summed E-state index contributed by atoms with van der Waals surface area (Å²) >= 11 is 0. The van der Waals surface area contributed by atoms with Gasteiger partial charge in [0.05, 0.1) is 14.2 Å². The van der Waals surface area contributed by atoms with Crippen molar-refractivity contribution in [3.63, 3.8) is 0 Å². The Bertz CT molecular complexity index is 578. The highest BCUT2D eigenvalue weighted by molar-refractivity contribution is 5.99. The average molecular weight is 231 g/mol. The minimum Gasteiger partial charge on any atom is -0.497 e.